The molecule has 0 saturated heterocycles. The summed E-state index contributed by atoms with van der Waals surface area (Å²) in [5.41, 5.74) is 0.868. The molecule has 3 heterocycles. The number of rotatable bonds is 2. The van der Waals surface area contributed by atoms with Crippen LogP contribution in [0.2, 0.25) is 5.15 Å². The van der Waals surface area contributed by atoms with Crippen LogP contribution in [0.25, 0.3) is 17.1 Å². The number of pyridine rings is 1. The first-order chi connectivity index (χ1) is 9.61. The average Bonchev–Trinajstić information content (AvgIpc) is 3.02. The smallest absolute Gasteiger partial charge is 0.340 e. The number of aromatic nitrogens is 2. The van der Waals surface area contributed by atoms with Crippen molar-refractivity contribution in [3.8, 4) is 11.6 Å². The van der Waals surface area contributed by atoms with Gasteiger partial charge in [-0.05, 0) is 31.2 Å². The molecule has 3 aromatic rings. The van der Waals surface area contributed by atoms with Crippen molar-refractivity contribution in [2.45, 2.75) is 6.92 Å². The third-order valence-electron chi connectivity index (χ3n) is 2.99. The molecule has 0 aliphatic rings. The molecule has 0 amide bonds. The lowest BCUT2D eigenvalue weighted by molar-refractivity contribution is 0.0602. The van der Waals surface area contributed by atoms with Gasteiger partial charge in [-0.1, -0.05) is 11.6 Å². The summed E-state index contributed by atoms with van der Waals surface area (Å²) < 4.78 is 12.0. The predicted molar refractivity (Wildman–Crippen MR) is 74.0 cm³/mol. The van der Waals surface area contributed by atoms with Gasteiger partial charge in [-0.3, -0.25) is 4.40 Å². The lowest BCUT2D eigenvalue weighted by Crippen LogP contribution is -2.03. The molecule has 0 aromatic carbocycles. The highest BCUT2D eigenvalue weighted by molar-refractivity contribution is 6.33. The van der Waals surface area contributed by atoms with Crippen molar-refractivity contribution < 1.29 is 13.9 Å². The summed E-state index contributed by atoms with van der Waals surface area (Å²) in [4.78, 5) is 16.1. The maximum atomic E-state index is 11.8. The number of fused-ring (bicyclic) bond motifs is 1. The van der Waals surface area contributed by atoms with Crippen LogP contribution >= 0.6 is 11.6 Å². The average molecular weight is 291 g/mol. The van der Waals surface area contributed by atoms with Gasteiger partial charge in [0, 0.05) is 6.20 Å². The number of esters is 1. The van der Waals surface area contributed by atoms with Crippen molar-refractivity contribution in [1.29, 1.82) is 0 Å². The molecule has 0 fully saturated rings. The van der Waals surface area contributed by atoms with E-state index in [-0.39, 0.29) is 5.15 Å². The van der Waals surface area contributed by atoms with Crippen LogP contribution in [0, 0.1) is 6.92 Å². The van der Waals surface area contributed by atoms with Crippen LogP contribution in [0.4, 0.5) is 0 Å². The molecule has 102 valence electrons. The Morgan fingerprint density at radius 2 is 2.20 bits per heavy atom. The number of hydrogen-bond acceptors (Lipinski definition) is 4. The van der Waals surface area contributed by atoms with Crippen molar-refractivity contribution in [2.24, 2.45) is 0 Å². The highest BCUT2D eigenvalue weighted by Crippen LogP contribution is 2.29. The van der Waals surface area contributed by atoms with Crippen molar-refractivity contribution in [3.63, 3.8) is 0 Å². The Hall–Kier alpha value is -2.27. The molecule has 0 radical (unpaired) electrons. The number of nitrogens with zero attached hydrogens (tertiary/aromatic N) is 2. The van der Waals surface area contributed by atoms with E-state index < -0.39 is 5.97 Å². The summed E-state index contributed by atoms with van der Waals surface area (Å²) in [6.45, 7) is 1.85. The second kappa shape index (κ2) is 4.68. The predicted octanol–water partition coefficient (Wildman–Crippen LogP) is 3.34. The van der Waals surface area contributed by atoms with Gasteiger partial charge in [0.15, 0.2) is 16.7 Å². The minimum absolute atomic E-state index is 0.232. The number of carbonyl (C=O) groups excluding carboxylic acids is 1. The Bertz CT molecular complexity index is 804. The van der Waals surface area contributed by atoms with Crippen molar-refractivity contribution in [1.82, 2.24) is 9.38 Å². The minimum Gasteiger partial charge on any atom is -0.465 e. The molecule has 0 atom stereocenters. The molecular formula is C14H11ClN2O3. The standard InChI is InChI=1S/C14H11ClN2O3/c1-8-5-6-10(20-8)13-16-12(15)11-9(14(18)19-2)4-3-7-17(11)13/h3-7H,1-2H3. The molecule has 0 aliphatic heterocycles. The molecule has 0 saturated carbocycles. The minimum atomic E-state index is -0.459. The molecule has 0 unspecified atom stereocenters. The van der Waals surface area contributed by atoms with E-state index in [9.17, 15) is 4.79 Å². The normalized spacial score (nSPS) is 10.9. The fraction of sp³-hybridized carbons (Fsp3) is 0.143. The van der Waals surface area contributed by atoms with E-state index in [0.29, 0.717) is 22.7 Å². The molecule has 3 rings (SSSR count). The summed E-state index contributed by atoms with van der Waals surface area (Å²) >= 11 is 6.16. The fourth-order valence-electron chi connectivity index (χ4n) is 2.10. The highest BCUT2D eigenvalue weighted by atomic mass is 35.5. The zero-order valence-electron chi connectivity index (χ0n) is 10.9. The molecule has 0 bridgehead atoms. The monoisotopic (exact) mass is 290 g/mol. The molecule has 0 spiro atoms. The fourth-order valence-corrected chi connectivity index (χ4v) is 2.37. The van der Waals surface area contributed by atoms with E-state index in [0.717, 1.165) is 5.76 Å². The molecule has 3 aromatic heterocycles. The van der Waals surface area contributed by atoms with Crippen LogP contribution in [0.1, 0.15) is 16.1 Å². The van der Waals surface area contributed by atoms with Crippen LogP contribution in [0.3, 0.4) is 0 Å². The summed E-state index contributed by atoms with van der Waals surface area (Å²) in [6.07, 6.45) is 1.77. The topological polar surface area (TPSA) is 56.7 Å². The van der Waals surface area contributed by atoms with Crippen LogP contribution in [-0.4, -0.2) is 22.5 Å². The van der Waals surface area contributed by atoms with Gasteiger partial charge in [-0.2, -0.15) is 0 Å². The van der Waals surface area contributed by atoms with Gasteiger partial charge in [0.2, 0.25) is 0 Å². The lowest BCUT2D eigenvalue weighted by Gasteiger charge is -2.03. The maximum absolute atomic E-state index is 11.8. The second-order valence-electron chi connectivity index (χ2n) is 4.27. The summed E-state index contributed by atoms with van der Waals surface area (Å²) in [5, 5.41) is 0.232. The van der Waals surface area contributed by atoms with Gasteiger partial charge >= 0.3 is 5.97 Å². The molecule has 6 heteroatoms. The van der Waals surface area contributed by atoms with E-state index in [1.807, 2.05) is 19.1 Å². The van der Waals surface area contributed by atoms with E-state index >= 15 is 0 Å². The number of carbonyl (C=O) groups is 1. The SMILES string of the molecule is COC(=O)c1cccn2c(-c3ccc(C)o3)nc(Cl)c12. The van der Waals surface area contributed by atoms with Crippen molar-refractivity contribution in [2.75, 3.05) is 7.11 Å². The third-order valence-corrected chi connectivity index (χ3v) is 3.25. The van der Waals surface area contributed by atoms with Gasteiger partial charge in [0.1, 0.15) is 5.76 Å². The lowest BCUT2D eigenvalue weighted by atomic mass is 10.2. The zero-order chi connectivity index (χ0) is 14.3. The number of imidazole rings is 1. The Kier molecular flexibility index (Phi) is 2.99. The van der Waals surface area contributed by atoms with E-state index in [2.05, 4.69) is 4.98 Å². The first-order valence-electron chi connectivity index (χ1n) is 5.93. The van der Waals surface area contributed by atoms with Crippen LogP contribution in [0.15, 0.2) is 34.9 Å². The van der Waals surface area contributed by atoms with Crippen LogP contribution < -0.4 is 0 Å². The molecular weight excluding hydrogens is 280 g/mol. The maximum Gasteiger partial charge on any atom is 0.340 e. The molecule has 0 aliphatic carbocycles. The Labute approximate surface area is 119 Å². The number of halogens is 1. The van der Waals surface area contributed by atoms with E-state index in [1.54, 1.807) is 22.7 Å². The number of furan rings is 1. The van der Waals surface area contributed by atoms with Crippen LogP contribution in [-0.2, 0) is 4.74 Å². The summed E-state index contributed by atoms with van der Waals surface area (Å²) in [7, 11) is 1.33. The Morgan fingerprint density at radius 3 is 2.85 bits per heavy atom. The zero-order valence-corrected chi connectivity index (χ0v) is 11.6. The van der Waals surface area contributed by atoms with Gasteiger partial charge in [-0.25, -0.2) is 9.78 Å². The molecule has 0 N–H and O–H groups in total. The van der Waals surface area contributed by atoms with Gasteiger partial charge in [0.25, 0.3) is 0 Å². The van der Waals surface area contributed by atoms with Gasteiger partial charge in [0.05, 0.1) is 18.2 Å². The Morgan fingerprint density at radius 1 is 1.40 bits per heavy atom. The highest BCUT2D eigenvalue weighted by Gasteiger charge is 2.20. The van der Waals surface area contributed by atoms with Crippen molar-refractivity contribution in [3.05, 3.63) is 46.9 Å². The second-order valence-corrected chi connectivity index (χ2v) is 4.63. The van der Waals surface area contributed by atoms with Crippen LogP contribution in [0.5, 0.6) is 0 Å². The number of ether oxygens (including phenoxy) is 1. The van der Waals surface area contributed by atoms with Crippen molar-refractivity contribution >= 4 is 23.1 Å². The van der Waals surface area contributed by atoms with Gasteiger partial charge < -0.3 is 9.15 Å². The largest absolute Gasteiger partial charge is 0.465 e. The third kappa shape index (κ3) is 1.87. The molecule has 20 heavy (non-hydrogen) atoms. The first kappa shape index (κ1) is 12.7. The Balaban J connectivity index is 2.30. The van der Waals surface area contributed by atoms with E-state index in [1.165, 1.54) is 7.11 Å². The number of methoxy groups -OCH3 is 1. The summed E-state index contributed by atoms with van der Waals surface area (Å²) in [5.74, 6) is 1.45. The van der Waals surface area contributed by atoms with E-state index in [4.69, 9.17) is 20.8 Å². The molecule has 5 nitrogen and oxygen atoms in total. The summed E-state index contributed by atoms with van der Waals surface area (Å²) in [6, 6.07) is 7.03. The number of aryl methyl sites for hydroxylation is 1. The quantitative estimate of drug-likeness (QED) is 0.679. The first-order valence-corrected chi connectivity index (χ1v) is 6.31. The van der Waals surface area contributed by atoms with Gasteiger partial charge in [-0.15, -0.1) is 0 Å². The number of hydrogen-bond donors (Lipinski definition) is 0.